The summed E-state index contributed by atoms with van der Waals surface area (Å²) < 4.78 is 2.02. The van der Waals surface area contributed by atoms with Crippen LogP contribution in [0.15, 0.2) is 30.7 Å². The monoisotopic (exact) mass is 256 g/mol. The van der Waals surface area contributed by atoms with E-state index in [1.807, 2.05) is 35.7 Å². The molecule has 0 spiro atoms. The summed E-state index contributed by atoms with van der Waals surface area (Å²) in [5, 5.41) is 11.7. The van der Waals surface area contributed by atoms with Gasteiger partial charge in [-0.1, -0.05) is 6.07 Å². The summed E-state index contributed by atoms with van der Waals surface area (Å²) in [7, 11) is 0. The molecule has 3 aromatic rings. The summed E-state index contributed by atoms with van der Waals surface area (Å²) in [6.45, 7) is 3.64. The van der Waals surface area contributed by atoms with Crippen LogP contribution < -0.4 is 5.32 Å². The van der Waals surface area contributed by atoms with E-state index in [9.17, 15) is 0 Å². The lowest BCUT2D eigenvalue weighted by Gasteiger charge is -2.03. The van der Waals surface area contributed by atoms with Crippen LogP contribution >= 0.6 is 0 Å². The number of nitrogens with zero attached hydrogens (tertiary/aromatic N) is 4. The zero-order valence-electron chi connectivity index (χ0n) is 10.8. The van der Waals surface area contributed by atoms with Crippen molar-refractivity contribution in [1.29, 1.82) is 0 Å². The van der Waals surface area contributed by atoms with E-state index < -0.39 is 0 Å². The third-order valence-electron chi connectivity index (χ3n) is 3.14. The van der Waals surface area contributed by atoms with Crippen LogP contribution in [-0.2, 0) is 13.0 Å². The Hall–Kier alpha value is -2.21. The minimum atomic E-state index is 0.770. The molecule has 0 radical (unpaired) electrons. The van der Waals surface area contributed by atoms with Crippen LogP contribution in [0.25, 0.3) is 5.65 Å². The molecule has 0 aliphatic carbocycles. The van der Waals surface area contributed by atoms with E-state index in [0.717, 1.165) is 42.4 Å². The first kappa shape index (κ1) is 11.9. The minimum Gasteiger partial charge on any atom is -0.348 e. The molecular weight excluding hydrogens is 240 g/mol. The maximum Gasteiger partial charge on any atom is 0.160 e. The number of imidazole rings is 1. The van der Waals surface area contributed by atoms with Crippen molar-refractivity contribution in [3.05, 3.63) is 47.9 Å². The Balaban J connectivity index is 1.57. The van der Waals surface area contributed by atoms with Crippen LogP contribution in [-0.4, -0.2) is 31.1 Å². The van der Waals surface area contributed by atoms with Crippen LogP contribution in [0, 0.1) is 6.92 Å². The van der Waals surface area contributed by atoms with Crippen molar-refractivity contribution in [2.24, 2.45) is 0 Å². The van der Waals surface area contributed by atoms with Crippen LogP contribution in [0.1, 0.15) is 17.2 Å². The number of pyridine rings is 1. The van der Waals surface area contributed by atoms with E-state index in [-0.39, 0.29) is 0 Å². The maximum atomic E-state index is 4.25. The number of rotatable bonds is 5. The SMILES string of the molecule is Cc1[nH]cnc1CNCCc1nnc2ccccn12. The first-order chi connectivity index (χ1) is 9.34. The van der Waals surface area contributed by atoms with Crippen molar-refractivity contribution in [1.82, 2.24) is 29.9 Å². The molecular formula is C13H16N6. The molecule has 0 aliphatic heterocycles. The Morgan fingerprint density at radius 2 is 2.26 bits per heavy atom. The maximum absolute atomic E-state index is 4.25. The van der Waals surface area contributed by atoms with Gasteiger partial charge in [-0.05, 0) is 19.1 Å². The van der Waals surface area contributed by atoms with Crippen molar-refractivity contribution in [3.63, 3.8) is 0 Å². The lowest BCUT2D eigenvalue weighted by atomic mass is 10.3. The van der Waals surface area contributed by atoms with Gasteiger partial charge in [-0.25, -0.2) is 4.98 Å². The molecule has 3 heterocycles. The third-order valence-corrected chi connectivity index (χ3v) is 3.14. The normalized spacial score (nSPS) is 11.2. The number of aromatic amines is 1. The van der Waals surface area contributed by atoms with Gasteiger partial charge in [-0.15, -0.1) is 10.2 Å². The number of nitrogens with one attached hydrogen (secondary N) is 2. The first-order valence-electron chi connectivity index (χ1n) is 6.33. The largest absolute Gasteiger partial charge is 0.348 e. The fraction of sp³-hybridized carbons (Fsp3) is 0.308. The number of aryl methyl sites for hydroxylation is 1. The van der Waals surface area contributed by atoms with Gasteiger partial charge in [-0.2, -0.15) is 0 Å². The summed E-state index contributed by atoms with van der Waals surface area (Å²) in [5.74, 6) is 0.974. The van der Waals surface area contributed by atoms with E-state index in [2.05, 4.69) is 25.5 Å². The van der Waals surface area contributed by atoms with E-state index in [4.69, 9.17) is 0 Å². The number of hydrogen-bond donors (Lipinski definition) is 2. The Morgan fingerprint density at radius 1 is 1.32 bits per heavy atom. The van der Waals surface area contributed by atoms with Crippen molar-refractivity contribution >= 4 is 5.65 Å². The number of aromatic nitrogens is 5. The van der Waals surface area contributed by atoms with Gasteiger partial charge >= 0.3 is 0 Å². The Bertz CT molecular complexity index is 668. The van der Waals surface area contributed by atoms with Crippen molar-refractivity contribution in [2.45, 2.75) is 19.9 Å². The highest BCUT2D eigenvalue weighted by molar-refractivity contribution is 5.36. The van der Waals surface area contributed by atoms with Gasteiger partial charge in [0, 0.05) is 31.4 Å². The zero-order chi connectivity index (χ0) is 13.1. The summed E-state index contributed by atoms with van der Waals surface area (Å²) in [5.41, 5.74) is 3.06. The molecule has 0 saturated heterocycles. The predicted molar refractivity (Wildman–Crippen MR) is 71.7 cm³/mol. The molecule has 6 nitrogen and oxygen atoms in total. The first-order valence-corrected chi connectivity index (χ1v) is 6.33. The van der Waals surface area contributed by atoms with Crippen molar-refractivity contribution in [3.8, 4) is 0 Å². The average molecular weight is 256 g/mol. The molecule has 0 saturated carbocycles. The van der Waals surface area contributed by atoms with Gasteiger partial charge in [0.25, 0.3) is 0 Å². The molecule has 0 amide bonds. The summed E-state index contributed by atoms with van der Waals surface area (Å²) in [4.78, 5) is 7.32. The second-order valence-corrected chi connectivity index (χ2v) is 4.45. The predicted octanol–water partition coefficient (Wildman–Crippen LogP) is 1.09. The molecule has 0 bridgehead atoms. The molecule has 0 fully saturated rings. The van der Waals surface area contributed by atoms with Crippen LogP contribution in [0.5, 0.6) is 0 Å². The standard InChI is InChI=1S/C13H16N6/c1-10-11(16-9-15-10)8-14-6-5-13-18-17-12-4-2-3-7-19(12)13/h2-4,7,9,14H,5-6,8H2,1H3,(H,15,16). The van der Waals surface area contributed by atoms with Crippen LogP contribution in [0.3, 0.4) is 0 Å². The zero-order valence-corrected chi connectivity index (χ0v) is 10.8. The second kappa shape index (κ2) is 5.19. The molecule has 3 rings (SSSR count). The molecule has 0 aromatic carbocycles. The van der Waals surface area contributed by atoms with Gasteiger partial charge < -0.3 is 10.3 Å². The summed E-state index contributed by atoms with van der Waals surface area (Å²) >= 11 is 0. The van der Waals surface area contributed by atoms with E-state index >= 15 is 0 Å². The van der Waals surface area contributed by atoms with Crippen LogP contribution in [0.4, 0.5) is 0 Å². The van der Waals surface area contributed by atoms with E-state index in [1.54, 1.807) is 6.33 Å². The molecule has 0 aliphatic rings. The lowest BCUT2D eigenvalue weighted by Crippen LogP contribution is -2.18. The molecule has 98 valence electrons. The Morgan fingerprint density at radius 3 is 3.11 bits per heavy atom. The Labute approximate surface area is 110 Å². The number of fused-ring (bicyclic) bond motifs is 1. The van der Waals surface area contributed by atoms with Crippen molar-refractivity contribution < 1.29 is 0 Å². The Kier molecular flexibility index (Phi) is 3.24. The highest BCUT2D eigenvalue weighted by Gasteiger charge is 2.04. The van der Waals surface area contributed by atoms with Gasteiger partial charge in [-0.3, -0.25) is 4.40 Å². The highest BCUT2D eigenvalue weighted by Crippen LogP contribution is 2.03. The van der Waals surface area contributed by atoms with Crippen LogP contribution in [0.2, 0.25) is 0 Å². The third kappa shape index (κ3) is 2.48. The summed E-state index contributed by atoms with van der Waals surface area (Å²) in [6.07, 6.45) is 4.55. The molecule has 0 atom stereocenters. The van der Waals surface area contributed by atoms with E-state index in [1.165, 1.54) is 0 Å². The van der Waals surface area contributed by atoms with Crippen molar-refractivity contribution in [2.75, 3.05) is 6.54 Å². The minimum absolute atomic E-state index is 0.770. The van der Waals surface area contributed by atoms with Gasteiger partial charge in [0.15, 0.2) is 5.65 Å². The summed E-state index contributed by atoms with van der Waals surface area (Å²) in [6, 6.07) is 5.91. The molecule has 0 unspecified atom stereocenters. The second-order valence-electron chi connectivity index (χ2n) is 4.45. The lowest BCUT2D eigenvalue weighted by molar-refractivity contribution is 0.656. The molecule has 19 heavy (non-hydrogen) atoms. The molecule has 6 heteroatoms. The quantitative estimate of drug-likeness (QED) is 0.670. The average Bonchev–Trinajstić information content (AvgIpc) is 3.02. The fourth-order valence-corrected chi connectivity index (χ4v) is 2.03. The van der Waals surface area contributed by atoms with Gasteiger partial charge in [0.2, 0.25) is 0 Å². The number of hydrogen-bond acceptors (Lipinski definition) is 4. The molecule has 3 aromatic heterocycles. The molecule has 2 N–H and O–H groups in total. The smallest absolute Gasteiger partial charge is 0.160 e. The fourth-order valence-electron chi connectivity index (χ4n) is 2.03. The van der Waals surface area contributed by atoms with Gasteiger partial charge in [0.1, 0.15) is 5.82 Å². The van der Waals surface area contributed by atoms with Gasteiger partial charge in [0.05, 0.1) is 12.0 Å². The van der Waals surface area contributed by atoms with E-state index in [0.29, 0.717) is 0 Å². The number of H-pyrrole nitrogens is 1. The topological polar surface area (TPSA) is 70.9 Å². The highest BCUT2D eigenvalue weighted by atomic mass is 15.2.